The van der Waals surface area contributed by atoms with Crippen molar-refractivity contribution in [2.75, 3.05) is 5.75 Å². The molecule has 1 rings (SSSR count). The molecule has 0 saturated heterocycles. The van der Waals surface area contributed by atoms with Gasteiger partial charge in [-0.3, -0.25) is 4.79 Å². The molecule has 4 heteroatoms. The molecule has 80 valence electrons. The Morgan fingerprint density at radius 3 is 3.13 bits per heavy atom. The summed E-state index contributed by atoms with van der Waals surface area (Å²) in [6.45, 7) is 1.54. The summed E-state index contributed by atoms with van der Waals surface area (Å²) in [5.41, 5.74) is 0.477. The van der Waals surface area contributed by atoms with E-state index in [4.69, 9.17) is 0 Å². The van der Waals surface area contributed by atoms with E-state index >= 15 is 0 Å². The topological polar surface area (TPSA) is 30.0 Å². The van der Waals surface area contributed by atoms with Gasteiger partial charge in [0.05, 0.1) is 0 Å². The summed E-state index contributed by atoms with van der Waals surface area (Å²) < 4.78 is 13.0. The van der Waals surface area contributed by atoms with Crippen molar-refractivity contribution in [1.82, 2.24) is 4.98 Å². The first kappa shape index (κ1) is 11.9. The van der Waals surface area contributed by atoms with E-state index in [0.29, 0.717) is 5.56 Å². The number of carbonyl (C=O) groups is 1. The van der Waals surface area contributed by atoms with Crippen molar-refractivity contribution in [2.45, 2.75) is 13.3 Å². The van der Waals surface area contributed by atoms with Gasteiger partial charge in [-0.05, 0) is 18.6 Å². The predicted octanol–water partition coefficient (Wildman–Crippen LogP) is 2.90. The second-order valence-electron chi connectivity index (χ2n) is 2.91. The van der Waals surface area contributed by atoms with E-state index in [2.05, 4.69) is 4.98 Å². The highest BCUT2D eigenvalue weighted by molar-refractivity contribution is 8.13. The first-order valence-corrected chi connectivity index (χ1v) is 5.59. The molecule has 0 aliphatic carbocycles. The number of carbonyl (C=O) groups excluding carboxylic acids is 1. The van der Waals surface area contributed by atoms with Gasteiger partial charge in [-0.1, -0.05) is 23.9 Å². The minimum atomic E-state index is -0.465. The van der Waals surface area contributed by atoms with E-state index in [-0.39, 0.29) is 5.12 Å². The molecule has 0 atom stereocenters. The zero-order valence-corrected chi connectivity index (χ0v) is 9.26. The second-order valence-corrected chi connectivity index (χ2v) is 4.19. The van der Waals surface area contributed by atoms with Crippen LogP contribution in [0.3, 0.4) is 0 Å². The summed E-state index contributed by atoms with van der Waals surface area (Å²) in [5.74, 6) is 0.265. The van der Waals surface area contributed by atoms with Gasteiger partial charge in [-0.2, -0.15) is 4.39 Å². The van der Waals surface area contributed by atoms with Crippen molar-refractivity contribution in [3.8, 4) is 0 Å². The number of pyridine rings is 1. The monoisotopic (exact) mass is 225 g/mol. The average molecular weight is 225 g/mol. The fraction of sp³-hybridized carbons (Fsp3) is 0.273. The van der Waals surface area contributed by atoms with Crippen LogP contribution in [-0.4, -0.2) is 15.9 Å². The molecule has 0 spiro atoms. The maximum Gasteiger partial charge on any atom is 0.220 e. The first-order valence-electron chi connectivity index (χ1n) is 4.60. The quantitative estimate of drug-likeness (QED) is 0.583. The minimum Gasteiger partial charge on any atom is -0.288 e. The molecule has 0 bridgehead atoms. The van der Waals surface area contributed by atoms with Crippen LogP contribution < -0.4 is 0 Å². The lowest BCUT2D eigenvalue weighted by Crippen LogP contribution is -1.86. The van der Waals surface area contributed by atoms with Crippen LogP contribution in [-0.2, 0) is 4.79 Å². The minimum absolute atomic E-state index is 0.107. The lowest BCUT2D eigenvalue weighted by atomic mass is 10.2. The third kappa shape index (κ3) is 4.74. The molecule has 0 amide bonds. The highest BCUT2D eigenvalue weighted by Crippen LogP contribution is 2.08. The number of aromatic nitrogens is 1. The Morgan fingerprint density at radius 1 is 1.67 bits per heavy atom. The van der Waals surface area contributed by atoms with Gasteiger partial charge >= 0.3 is 0 Å². The molecule has 0 aliphatic rings. The Balaban J connectivity index is 2.38. The van der Waals surface area contributed by atoms with Crippen LogP contribution in [0.5, 0.6) is 0 Å². The Labute approximate surface area is 92.6 Å². The molecule has 1 aromatic heterocycles. The van der Waals surface area contributed by atoms with Crippen LogP contribution in [0.1, 0.15) is 18.9 Å². The molecular weight excluding hydrogens is 213 g/mol. The van der Waals surface area contributed by atoms with E-state index in [0.717, 1.165) is 12.2 Å². The number of thioether (sulfide) groups is 1. The van der Waals surface area contributed by atoms with Crippen LogP contribution in [0.4, 0.5) is 4.39 Å². The molecule has 2 nitrogen and oxygen atoms in total. The van der Waals surface area contributed by atoms with Crippen molar-refractivity contribution < 1.29 is 9.18 Å². The summed E-state index contributed by atoms with van der Waals surface area (Å²) in [7, 11) is 0. The lowest BCUT2D eigenvalue weighted by molar-refractivity contribution is -0.109. The molecule has 0 radical (unpaired) electrons. The van der Waals surface area contributed by atoms with Gasteiger partial charge in [0.1, 0.15) is 0 Å². The standard InChI is InChI=1S/C11H12FNOS/c1-9(14)15-8-3-2-5-10-6-4-7-13-11(10)12/h2,4-7H,3,8H2,1H3. The van der Waals surface area contributed by atoms with Crippen LogP contribution in [0.25, 0.3) is 6.08 Å². The predicted molar refractivity (Wildman–Crippen MR) is 61.0 cm³/mol. The van der Waals surface area contributed by atoms with Gasteiger partial charge < -0.3 is 0 Å². The maximum absolute atomic E-state index is 13.0. The van der Waals surface area contributed by atoms with Crippen molar-refractivity contribution in [1.29, 1.82) is 0 Å². The summed E-state index contributed by atoms with van der Waals surface area (Å²) in [6.07, 6.45) is 5.69. The molecule has 1 aromatic rings. The van der Waals surface area contributed by atoms with E-state index in [1.54, 1.807) is 18.2 Å². The Morgan fingerprint density at radius 2 is 2.47 bits per heavy atom. The average Bonchev–Trinajstić information content (AvgIpc) is 2.20. The van der Waals surface area contributed by atoms with Gasteiger partial charge in [0.15, 0.2) is 5.12 Å². The zero-order valence-electron chi connectivity index (χ0n) is 8.44. The molecule has 0 aromatic carbocycles. The highest BCUT2D eigenvalue weighted by Gasteiger charge is 1.96. The largest absolute Gasteiger partial charge is 0.288 e. The van der Waals surface area contributed by atoms with Crippen molar-refractivity contribution in [3.05, 3.63) is 35.9 Å². The van der Waals surface area contributed by atoms with Gasteiger partial charge in [-0.25, -0.2) is 4.98 Å². The number of nitrogens with zero attached hydrogens (tertiary/aromatic N) is 1. The van der Waals surface area contributed by atoms with Gasteiger partial charge in [0.25, 0.3) is 0 Å². The Kier molecular flexibility index (Phi) is 5.04. The van der Waals surface area contributed by atoms with E-state index in [9.17, 15) is 9.18 Å². The van der Waals surface area contributed by atoms with E-state index in [1.165, 1.54) is 24.9 Å². The first-order chi connectivity index (χ1) is 7.20. The fourth-order valence-electron chi connectivity index (χ4n) is 1.00. The number of halogens is 1. The normalized spacial score (nSPS) is 10.8. The summed E-state index contributed by atoms with van der Waals surface area (Å²) in [6, 6.07) is 3.35. The molecule has 1 heterocycles. The van der Waals surface area contributed by atoms with Crippen LogP contribution >= 0.6 is 11.8 Å². The Bertz CT molecular complexity index is 365. The molecule has 0 N–H and O–H groups in total. The number of hydrogen-bond donors (Lipinski definition) is 0. The zero-order chi connectivity index (χ0) is 11.1. The molecule has 0 saturated carbocycles. The second kappa shape index (κ2) is 6.35. The number of rotatable bonds is 4. The number of allylic oxidation sites excluding steroid dienone is 1. The van der Waals surface area contributed by atoms with Gasteiger partial charge in [0.2, 0.25) is 5.95 Å². The molecule has 0 unspecified atom stereocenters. The smallest absolute Gasteiger partial charge is 0.220 e. The van der Waals surface area contributed by atoms with Crippen molar-refractivity contribution in [3.63, 3.8) is 0 Å². The van der Waals surface area contributed by atoms with Crippen LogP contribution in [0.2, 0.25) is 0 Å². The van der Waals surface area contributed by atoms with Crippen LogP contribution in [0.15, 0.2) is 24.4 Å². The molecule has 0 fully saturated rings. The SMILES string of the molecule is CC(=O)SCCC=Cc1cccnc1F. The van der Waals surface area contributed by atoms with Gasteiger partial charge in [-0.15, -0.1) is 0 Å². The van der Waals surface area contributed by atoms with E-state index < -0.39 is 5.95 Å². The van der Waals surface area contributed by atoms with E-state index in [1.807, 2.05) is 6.08 Å². The third-order valence-electron chi connectivity index (χ3n) is 1.68. The molecule has 15 heavy (non-hydrogen) atoms. The lowest BCUT2D eigenvalue weighted by Gasteiger charge is -1.94. The highest BCUT2D eigenvalue weighted by atomic mass is 32.2. The van der Waals surface area contributed by atoms with Crippen LogP contribution in [0, 0.1) is 5.95 Å². The fourth-order valence-corrected chi connectivity index (χ4v) is 1.55. The Hall–Kier alpha value is -1.16. The summed E-state index contributed by atoms with van der Waals surface area (Å²) in [4.78, 5) is 14.1. The molecular formula is C11H12FNOS. The van der Waals surface area contributed by atoms with Crippen molar-refractivity contribution in [2.24, 2.45) is 0 Å². The maximum atomic E-state index is 13.0. The van der Waals surface area contributed by atoms with Gasteiger partial charge in [0, 0.05) is 24.4 Å². The third-order valence-corrected chi connectivity index (χ3v) is 2.52. The summed E-state index contributed by atoms with van der Waals surface area (Å²) in [5, 5.41) is 0.107. The summed E-state index contributed by atoms with van der Waals surface area (Å²) >= 11 is 1.27. The van der Waals surface area contributed by atoms with Crippen molar-refractivity contribution >= 4 is 23.0 Å². The molecule has 0 aliphatic heterocycles. The number of hydrogen-bond acceptors (Lipinski definition) is 3.